The van der Waals surface area contributed by atoms with Crippen LogP contribution in [0.25, 0.3) is 0 Å². The number of ketones is 1. The molecule has 0 bridgehead atoms. The van der Waals surface area contributed by atoms with Gasteiger partial charge in [0.25, 0.3) is 0 Å². The van der Waals surface area contributed by atoms with Crippen LogP contribution in [0.2, 0.25) is 0 Å². The first-order chi connectivity index (χ1) is 6.06. The summed E-state index contributed by atoms with van der Waals surface area (Å²) in [6, 6.07) is 3.40. The highest BCUT2D eigenvalue weighted by atomic mass is 127. The molecule has 2 N–H and O–H groups in total. The molecule has 0 unspecified atom stereocenters. The van der Waals surface area contributed by atoms with Gasteiger partial charge in [0, 0.05) is 9.13 Å². The van der Waals surface area contributed by atoms with Gasteiger partial charge in [0.15, 0.2) is 5.78 Å². The lowest BCUT2D eigenvalue weighted by Gasteiger charge is -2.07. The SMILES string of the molecule is COc1cc(C(C)=O)c(I)cc1N. The lowest BCUT2D eigenvalue weighted by Crippen LogP contribution is -2.00. The van der Waals surface area contributed by atoms with E-state index in [4.69, 9.17) is 10.5 Å². The summed E-state index contributed by atoms with van der Waals surface area (Å²) in [7, 11) is 1.53. The number of benzene rings is 1. The molecule has 0 saturated heterocycles. The number of hydrogen-bond donors (Lipinski definition) is 1. The molecule has 0 aliphatic carbocycles. The van der Waals surface area contributed by atoms with Crippen molar-refractivity contribution in [3.05, 3.63) is 21.3 Å². The summed E-state index contributed by atoms with van der Waals surface area (Å²) in [6.07, 6.45) is 0. The van der Waals surface area contributed by atoms with Crippen LogP contribution in [0.15, 0.2) is 12.1 Å². The van der Waals surface area contributed by atoms with Crippen molar-refractivity contribution in [2.45, 2.75) is 6.92 Å². The highest BCUT2D eigenvalue weighted by molar-refractivity contribution is 14.1. The molecule has 70 valence electrons. The molecule has 0 atom stereocenters. The Morgan fingerprint density at radius 3 is 2.62 bits per heavy atom. The topological polar surface area (TPSA) is 52.3 Å². The number of carbonyl (C=O) groups is 1. The monoisotopic (exact) mass is 291 g/mol. The minimum absolute atomic E-state index is 0.0164. The van der Waals surface area contributed by atoms with Crippen LogP contribution in [0.4, 0.5) is 5.69 Å². The molecule has 0 fully saturated rings. The minimum atomic E-state index is 0.0164. The number of rotatable bonds is 2. The Hall–Kier alpha value is -0.780. The molecule has 0 radical (unpaired) electrons. The van der Waals surface area contributed by atoms with E-state index in [2.05, 4.69) is 22.6 Å². The van der Waals surface area contributed by atoms with Gasteiger partial charge in [-0.2, -0.15) is 0 Å². The number of carbonyl (C=O) groups excluding carboxylic acids is 1. The number of ether oxygens (including phenoxy) is 1. The van der Waals surface area contributed by atoms with Crippen molar-refractivity contribution in [2.24, 2.45) is 0 Å². The second-order valence-electron chi connectivity index (χ2n) is 2.63. The van der Waals surface area contributed by atoms with Gasteiger partial charge < -0.3 is 10.5 Å². The number of nitrogens with two attached hydrogens (primary N) is 1. The highest BCUT2D eigenvalue weighted by Crippen LogP contribution is 2.26. The fraction of sp³-hybridized carbons (Fsp3) is 0.222. The number of halogens is 1. The Labute approximate surface area is 90.4 Å². The molecule has 0 amide bonds. The Kier molecular flexibility index (Phi) is 3.13. The molecule has 1 aromatic carbocycles. The maximum atomic E-state index is 11.1. The van der Waals surface area contributed by atoms with Crippen LogP contribution in [0.1, 0.15) is 17.3 Å². The number of anilines is 1. The van der Waals surface area contributed by atoms with Gasteiger partial charge in [-0.3, -0.25) is 4.79 Å². The predicted octanol–water partition coefficient (Wildman–Crippen LogP) is 2.08. The standard InChI is InChI=1S/C9H10INO2/c1-5(12)6-3-9(13-2)8(11)4-7(6)10/h3-4H,11H2,1-2H3. The number of methoxy groups -OCH3 is 1. The van der Waals surface area contributed by atoms with Crippen molar-refractivity contribution in [1.82, 2.24) is 0 Å². The van der Waals surface area contributed by atoms with Gasteiger partial charge in [0.2, 0.25) is 0 Å². The van der Waals surface area contributed by atoms with Crippen LogP contribution < -0.4 is 10.5 Å². The third kappa shape index (κ3) is 2.12. The van der Waals surface area contributed by atoms with E-state index in [1.807, 2.05) is 0 Å². The summed E-state index contributed by atoms with van der Waals surface area (Å²) >= 11 is 2.08. The molecule has 0 aromatic heterocycles. The Morgan fingerprint density at radius 2 is 2.15 bits per heavy atom. The Bertz CT molecular complexity index is 350. The highest BCUT2D eigenvalue weighted by Gasteiger charge is 2.09. The molecular formula is C9H10INO2. The van der Waals surface area contributed by atoms with E-state index in [0.717, 1.165) is 3.57 Å². The van der Waals surface area contributed by atoms with Crippen molar-refractivity contribution < 1.29 is 9.53 Å². The van der Waals surface area contributed by atoms with Crippen LogP contribution in [-0.2, 0) is 0 Å². The molecule has 4 heteroatoms. The van der Waals surface area contributed by atoms with Crippen molar-refractivity contribution in [3.63, 3.8) is 0 Å². The molecule has 3 nitrogen and oxygen atoms in total. The van der Waals surface area contributed by atoms with E-state index in [1.54, 1.807) is 12.1 Å². The lowest BCUT2D eigenvalue weighted by molar-refractivity contribution is 0.101. The second kappa shape index (κ2) is 3.95. The quantitative estimate of drug-likeness (QED) is 0.515. The van der Waals surface area contributed by atoms with E-state index in [9.17, 15) is 4.79 Å². The van der Waals surface area contributed by atoms with Crippen molar-refractivity contribution in [2.75, 3.05) is 12.8 Å². The van der Waals surface area contributed by atoms with Crippen molar-refractivity contribution in [1.29, 1.82) is 0 Å². The smallest absolute Gasteiger partial charge is 0.161 e. The van der Waals surface area contributed by atoms with Gasteiger partial charge >= 0.3 is 0 Å². The van der Waals surface area contributed by atoms with Gasteiger partial charge in [0.05, 0.1) is 12.8 Å². The molecule has 0 aliphatic heterocycles. The predicted molar refractivity (Wildman–Crippen MR) is 60.1 cm³/mol. The third-order valence-corrected chi connectivity index (χ3v) is 2.59. The lowest BCUT2D eigenvalue weighted by atomic mass is 10.1. The molecular weight excluding hydrogens is 281 g/mol. The average Bonchev–Trinajstić information content (AvgIpc) is 2.03. The first kappa shape index (κ1) is 10.3. The molecule has 0 aliphatic rings. The molecule has 0 heterocycles. The van der Waals surface area contributed by atoms with E-state index in [0.29, 0.717) is 17.0 Å². The van der Waals surface area contributed by atoms with Gasteiger partial charge in [-0.05, 0) is 41.6 Å². The average molecular weight is 291 g/mol. The fourth-order valence-electron chi connectivity index (χ4n) is 1.02. The molecule has 13 heavy (non-hydrogen) atoms. The molecule has 1 aromatic rings. The van der Waals surface area contributed by atoms with E-state index < -0.39 is 0 Å². The minimum Gasteiger partial charge on any atom is -0.495 e. The number of hydrogen-bond acceptors (Lipinski definition) is 3. The van der Waals surface area contributed by atoms with Crippen LogP contribution in [0.3, 0.4) is 0 Å². The molecule has 1 rings (SSSR count). The van der Waals surface area contributed by atoms with Gasteiger partial charge in [-0.25, -0.2) is 0 Å². The summed E-state index contributed by atoms with van der Waals surface area (Å²) in [5.74, 6) is 0.563. The first-order valence-corrected chi connectivity index (χ1v) is 4.78. The van der Waals surface area contributed by atoms with Crippen LogP contribution in [-0.4, -0.2) is 12.9 Å². The Morgan fingerprint density at radius 1 is 1.54 bits per heavy atom. The summed E-state index contributed by atoms with van der Waals surface area (Å²) in [4.78, 5) is 11.1. The van der Waals surface area contributed by atoms with Crippen LogP contribution in [0.5, 0.6) is 5.75 Å². The third-order valence-electron chi connectivity index (χ3n) is 1.70. The number of Topliss-reactive ketones (excluding diaryl/α,β-unsaturated/α-hetero) is 1. The largest absolute Gasteiger partial charge is 0.495 e. The van der Waals surface area contributed by atoms with E-state index >= 15 is 0 Å². The first-order valence-electron chi connectivity index (χ1n) is 3.70. The van der Waals surface area contributed by atoms with E-state index in [1.165, 1.54) is 14.0 Å². The summed E-state index contributed by atoms with van der Waals surface area (Å²) in [5, 5.41) is 0. The van der Waals surface area contributed by atoms with Gasteiger partial charge in [-0.1, -0.05) is 0 Å². The van der Waals surface area contributed by atoms with Gasteiger partial charge in [-0.15, -0.1) is 0 Å². The van der Waals surface area contributed by atoms with E-state index in [-0.39, 0.29) is 5.78 Å². The zero-order valence-corrected chi connectivity index (χ0v) is 9.58. The van der Waals surface area contributed by atoms with Crippen molar-refractivity contribution in [3.8, 4) is 5.75 Å². The maximum Gasteiger partial charge on any atom is 0.161 e. The summed E-state index contributed by atoms with van der Waals surface area (Å²) in [5.41, 5.74) is 6.86. The number of nitrogen functional groups attached to an aromatic ring is 1. The normalized spacial score (nSPS) is 9.77. The second-order valence-corrected chi connectivity index (χ2v) is 3.79. The van der Waals surface area contributed by atoms with Crippen LogP contribution in [0, 0.1) is 3.57 Å². The summed E-state index contributed by atoms with van der Waals surface area (Å²) < 4.78 is 5.86. The molecule has 0 saturated carbocycles. The maximum absolute atomic E-state index is 11.1. The summed E-state index contributed by atoms with van der Waals surface area (Å²) in [6.45, 7) is 1.52. The van der Waals surface area contributed by atoms with Crippen LogP contribution >= 0.6 is 22.6 Å². The Balaban J connectivity index is 3.30. The van der Waals surface area contributed by atoms with Gasteiger partial charge in [0.1, 0.15) is 5.75 Å². The van der Waals surface area contributed by atoms with Crippen molar-refractivity contribution >= 4 is 34.1 Å². The zero-order chi connectivity index (χ0) is 10.0. The fourth-order valence-corrected chi connectivity index (χ4v) is 1.89. The zero-order valence-electron chi connectivity index (χ0n) is 7.43. The molecule has 0 spiro atoms.